The highest BCUT2D eigenvalue weighted by atomic mass is 16.1. The molecule has 3 rings (SSSR count). The molecule has 6 nitrogen and oxygen atoms in total. The number of amides is 1. The summed E-state index contributed by atoms with van der Waals surface area (Å²) in [6.07, 6.45) is 3.08. The third-order valence-corrected chi connectivity index (χ3v) is 3.90. The molecular weight excluding hydrogens is 326 g/mol. The smallest absolute Gasteiger partial charge is 0.270 e. The van der Waals surface area contributed by atoms with E-state index in [1.54, 1.807) is 12.3 Å². The van der Waals surface area contributed by atoms with E-state index >= 15 is 0 Å². The zero-order valence-corrected chi connectivity index (χ0v) is 14.8. The first kappa shape index (κ1) is 17.5. The lowest BCUT2D eigenvalue weighted by Crippen LogP contribution is -2.24. The van der Waals surface area contributed by atoms with Crippen molar-refractivity contribution in [1.82, 2.24) is 20.3 Å². The Hall–Kier alpha value is -3.28. The monoisotopic (exact) mass is 347 g/mol. The van der Waals surface area contributed by atoms with Gasteiger partial charge in [0.15, 0.2) is 0 Å². The van der Waals surface area contributed by atoms with Gasteiger partial charge in [-0.3, -0.25) is 9.78 Å². The summed E-state index contributed by atoms with van der Waals surface area (Å²) in [5.74, 6) is 0.691. The van der Waals surface area contributed by atoms with Crippen LogP contribution in [0.4, 0.5) is 11.5 Å². The number of para-hydroxylation sites is 1. The molecule has 0 saturated heterocycles. The van der Waals surface area contributed by atoms with Crippen LogP contribution in [0.1, 0.15) is 41.5 Å². The number of benzene rings is 1. The molecule has 0 saturated carbocycles. The molecule has 6 heteroatoms. The Bertz CT molecular complexity index is 880. The Morgan fingerprint density at radius 2 is 1.85 bits per heavy atom. The number of nitrogens with zero attached hydrogens (tertiary/aromatic N) is 3. The number of nitrogens with one attached hydrogen (secondary N) is 2. The molecule has 2 N–H and O–H groups in total. The summed E-state index contributed by atoms with van der Waals surface area (Å²) in [5.41, 5.74) is 3.26. The maximum Gasteiger partial charge on any atom is 0.270 e. The highest BCUT2D eigenvalue weighted by Crippen LogP contribution is 2.26. The summed E-state index contributed by atoms with van der Waals surface area (Å²) >= 11 is 0. The first-order valence-electron chi connectivity index (χ1n) is 8.49. The average Bonchev–Trinajstić information content (AvgIpc) is 2.67. The quantitative estimate of drug-likeness (QED) is 0.711. The van der Waals surface area contributed by atoms with Gasteiger partial charge in [-0.1, -0.05) is 38.1 Å². The standard InChI is InChI=1S/C20H21N5O/c1-14(2)16-8-3-4-9-17(16)25-19-11-18(23-13-24-19)20(26)22-12-15-7-5-6-10-21-15/h3-11,13-14H,12H2,1-2H3,(H,22,26)(H,23,24,25). The van der Waals surface area contributed by atoms with Crippen LogP contribution in [0.3, 0.4) is 0 Å². The van der Waals surface area contributed by atoms with Crippen molar-refractivity contribution < 1.29 is 4.79 Å². The van der Waals surface area contributed by atoms with E-state index in [0.717, 1.165) is 11.4 Å². The summed E-state index contributed by atoms with van der Waals surface area (Å²) in [7, 11) is 0. The molecule has 3 aromatic rings. The lowest BCUT2D eigenvalue weighted by molar-refractivity contribution is 0.0945. The number of hydrogen-bond donors (Lipinski definition) is 2. The Morgan fingerprint density at radius 3 is 2.62 bits per heavy atom. The molecule has 0 bridgehead atoms. The minimum Gasteiger partial charge on any atom is -0.345 e. The number of aromatic nitrogens is 3. The number of carbonyl (C=O) groups is 1. The lowest BCUT2D eigenvalue weighted by Gasteiger charge is -2.14. The zero-order chi connectivity index (χ0) is 18.4. The SMILES string of the molecule is CC(C)c1ccccc1Nc1cc(C(=O)NCc2ccccn2)ncn1. The molecule has 0 aliphatic rings. The lowest BCUT2D eigenvalue weighted by atomic mass is 10.0. The van der Waals surface area contributed by atoms with Gasteiger partial charge in [0, 0.05) is 18.0 Å². The second kappa shape index (κ2) is 8.20. The summed E-state index contributed by atoms with van der Waals surface area (Å²) in [6, 6.07) is 15.3. The second-order valence-corrected chi connectivity index (χ2v) is 6.16. The molecule has 0 fully saturated rings. The highest BCUT2D eigenvalue weighted by molar-refractivity contribution is 5.92. The van der Waals surface area contributed by atoms with Crippen molar-refractivity contribution in [3.8, 4) is 0 Å². The minimum absolute atomic E-state index is 0.266. The van der Waals surface area contributed by atoms with Crippen LogP contribution < -0.4 is 10.6 Å². The normalized spacial score (nSPS) is 10.6. The van der Waals surface area contributed by atoms with Gasteiger partial charge in [-0.2, -0.15) is 0 Å². The molecule has 1 amide bonds. The number of hydrogen-bond acceptors (Lipinski definition) is 5. The van der Waals surface area contributed by atoms with E-state index in [4.69, 9.17) is 0 Å². The summed E-state index contributed by atoms with van der Waals surface area (Å²) in [5, 5.41) is 6.10. The van der Waals surface area contributed by atoms with Gasteiger partial charge < -0.3 is 10.6 Å². The Balaban J connectivity index is 1.71. The van der Waals surface area contributed by atoms with Crippen LogP contribution in [0.15, 0.2) is 61.1 Å². The maximum atomic E-state index is 12.3. The van der Waals surface area contributed by atoms with E-state index < -0.39 is 0 Å². The molecule has 0 unspecified atom stereocenters. The van der Waals surface area contributed by atoms with Crippen molar-refractivity contribution in [2.75, 3.05) is 5.32 Å². The third-order valence-electron chi connectivity index (χ3n) is 3.90. The molecule has 26 heavy (non-hydrogen) atoms. The number of pyridine rings is 1. The van der Waals surface area contributed by atoms with Crippen LogP contribution in [0.2, 0.25) is 0 Å². The van der Waals surface area contributed by atoms with Crippen LogP contribution in [-0.4, -0.2) is 20.9 Å². The van der Waals surface area contributed by atoms with Crippen molar-refractivity contribution in [2.45, 2.75) is 26.3 Å². The fourth-order valence-corrected chi connectivity index (χ4v) is 2.57. The fraction of sp³-hybridized carbons (Fsp3) is 0.200. The van der Waals surface area contributed by atoms with E-state index in [1.807, 2.05) is 36.4 Å². The van der Waals surface area contributed by atoms with Crippen LogP contribution in [-0.2, 0) is 6.54 Å². The Labute approximate surface area is 152 Å². The average molecular weight is 347 g/mol. The minimum atomic E-state index is -0.266. The van der Waals surface area contributed by atoms with Crippen molar-refractivity contribution in [3.05, 3.63) is 78.0 Å². The zero-order valence-electron chi connectivity index (χ0n) is 14.8. The van der Waals surface area contributed by atoms with Gasteiger partial charge in [0.2, 0.25) is 0 Å². The van der Waals surface area contributed by atoms with E-state index in [-0.39, 0.29) is 5.91 Å². The van der Waals surface area contributed by atoms with E-state index in [2.05, 4.69) is 45.5 Å². The molecular formula is C20H21N5O. The van der Waals surface area contributed by atoms with Crippen molar-refractivity contribution in [3.63, 3.8) is 0 Å². The first-order chi connectivity index (χ1) is 12.6. The summed E-state index contributed by atoms with van der Waals surface area (Å²) in [4.78, 5) is 24.8. The Kier molecular flexibility index (Phi) is 5.53. The topological polar surface area (TPSA) is 79.8 Å². The largest absolute Gasteiger partial charge is 0.345 e. The molecule has 132 valence electrons. The molecule has 1 aromatic carbocycles. The van der Waals surface area contributed by atoms with Gasteiger partial charge in [0.25, 0.3) is 5.91 Å². The number of carbonyl (C=O) groups excluding carboxylic acids is 1. The van der Waals surface area contributed by atoms with Gasteiger partial charge in [0.05, 0.1) is 12.2 Å². The first-order valence-corrected chi connectivity index (χ1v) is 8.49. The fourth-order valence-electron chi connectivity index (χ4n) is 2.57. The number of rotatable bonds is 6. The van der Waals surface area contributed by atoms with E-state index in [9.17, 15) is 4.79 Å². The third kappa shape index (κ3) is 4.42. The van der Waals surface area contributed by atoms with Crippen LogP contribution in [0.5, 0.6) is 0 Å². The van der Waals surface area contributed by atoms with Crippen LogP contribution in [0.25, 0.3) is 0 Å². The maximum absolute atomic E-state index is 12.3. The molecule has 0 aliphatic carbocycles. The van der Waals surface area contributed by atoms with Crippen molar-refractivity contribution in [2.24, 2.45) is 0 Å². The van der Waals surface area contributed by atoms with Gasteiger partial charge >= 0.3 is 0 Å². The molecule has 0 spiro atoms. The molecule has 0 aliphatic heterocycles. The van der Waals surface area contributed by atoms with Gasteiger partial charge in [-0.15, -0.1) is 0 Å². The molecule has 0 radical (unpaired) electrons. The number of anilines is 2. The summed E-state index contributed by atoms with van der Waals surface area (Å²) < 4.78 is 0. The molecule has 0 atom stereocenters. The highest BCUT2D eigenvalue weighted by Gasteiger charge is 2.11. The molecule has 2 heterocycles. The van der Waals surface area contributed by atoms with Gasteiger partial charge in [-0.05, 0) is 29.7 Å². The van der Waals surface area contributed by atoms with Crippen molar-refractivity contribution >= 4 is 17.4 Å². The Morgan fingerprint density at radius 1 is 1.04 bits per heavy atom. The van der Waals surface area contributed by atoms with Crippen LogP contribution in [0, 0.1) is 0 Å². The van der Waals surface area contributed by atoms with Crippen LogP contribution >= 0.6 is 0 Å². The second-order valence-electron chi connectivity index (χ2n) is 6.16. The predicted octanol–water partition coefficient (Wildman–Crippen LogP) is 3.67. The van der Waals surface area contributed by atoms with E-state index in [0.29, 0.717) is 24.0 Å². The predicted molar refractivity (Wildman–Crippen MR) is 101 cm³/mol. The van der Waals surface area contributed by atoms with Gasteiger partial charge in [0.1, 0.15) is 17.8 Å². The van der Waals surface area contributed by atoms with E-state index in [1.165, 1.54) is 11.9 Å². The van der Waals surface area contributed by atoms with Gasteiger partial charge in [-0.25, -0.2) is 9.97 Å². The molecule has 2 aromatic heterocycles. The van der Waals surface area contributed by atoms with Crippen molar-refractivity contribution in [1.29, 1.82) is 0 Å². The summed E-state index contributed by atoms with van der Waals surface area (Å²) in [6.45, 7) is 4.62.